The van der Waals surface area contributed by atoms with Crippen molar-refractivity contribution in [1.29, 1.82) is 0 Å². The van der Waals surface area contributed by atoms with Crippen molar-refractivity contribution < 1.29 is 13.3 Å². The van der Waals surface area contributed by atoms with E-state index in [1.807, 2.05) is 6.92 Å². The fourth-order valence-corrected chi connectivity index (χ4v) is 2.82. The first-order valence-corrected chi connectivity index (χ1v) is 7.76. The Morgan fingerprint density at radius 2 is 1.76 bits per heavy atom. The minimum atomic E-state index is -3.63. The lowest BCUT2D eigenvalue weighted by molar-refractivity contribution is 0.215. The van der Waals surface area contributed by atoms with Crippen LogP contribution in [0.2, 0.25) is 0 Å². The Morgan fingerprint density at radius 1 is 1.10 bits per heavy atom. The summed E-state index contributed by atoms with van der Waals surface area (Å²) in [4.78, 5) is 4.84. The molecule has 21 heavy (non-hydrogen) atoms. The summed E-state index contributed by atoms with van der Waals surface area (Å²) in [6, 6.07) is 13.6. The van der Waals surface area contributed by atoms with Gasteiger partial charge in [-0.1, -0.05) is 41.1 Å². The Balaban J connectivity index is 2.33. The number of rotatable bonds is 5. The average Bonchev–Trinajstić information content (AvgIpc) is 2.46. The van der Waals surface area contributed by atoms with Crippen LogP contribution in [-0.4, -0.2) is 21.7 Å². The molecule has 0 unspecified atom stereocenters. The summed E-state index contributed by atoms with van der Waals surface area (Å²) in [5.74, 6) is 0. The molecule has 0 aliphatic carbocycles. The zero-order valence-electron chi connectivity index (χ0n) is 11.8. The van der Waals surface area contributed by atoms with E-state index in [9.17, 15) is 8.42 Å². The predicted molar refractivity (Wildman–Crippen MR) is 83.0 cm³/mol. The number of para-hydroxylation sites is 1. The number of sulfonamides is 1. The van der Waals surface area contributed by atoms with Gasteiger partial charge in [0.15, 0.2) is 0 Å². The summed E-state index contributed by atoms with van der Waals surface area (Å²) < 4.78 is 27.3. The van der Waals surface area contributed by atoms with Gasteiger partial charge >= 0.3 is 0 Å². The molecule has 0 aromatic heterocycles. The molecule has 2 aromatic rings. The third kappa shape index (κ3) is 3.82. The molecule has 0 heterocycles. The molecule has 0 aliphatic rings. The summed E-state index contributed by atoms with van der Waals surface area (Å²) >= 11 is 0. The first-order valence-electron chi connectivity index (χ1n) is 6.28. The number of nitrogens with zero attached hydrogens (tertiary/aromatic N) is 1. The SMILES string of the molecule is CO/N=C/c1ccccc1NS(=O)(=O)c1ccc(C)cc1. The van der Waals surface area contributed by atoms with Gasteiger partial charge in [0.1, 0.15) is 7.11 Å². The highest BCUT2D eigenvalue weighted by Gasteiger charge is 2.15. The van der Waals surface area contributed by atoms with Crippen molar-refractivity contribution in [3.63, 3.8) is 0 Å². The van der Waals surface area contributed by atoms with Gasteiger partial charge in [0, 0.05) is 5.56 Å². The minimum absolute atomic E-state index is 0.214. The second-order valence-electron chi connectivity index (χ2n) is 4.42. The Morgan fingerprint density at radius 3 is 2.43 bits per heavy atom. The molecule has 0 radical (unpaired) electrons. The zero-order valence-corrected chi connectivity index (χ0v) is 12.6. The lowest BCUT2D eigenvalue weighted by atomic mass is 10.2. The number of nitrogens with one attached hydrogen (secondary N) is 1. The van der Waals surface area contributed by atoms with Crippen molar-refractivity contribution in [2.45, 2.75) is 11.8 Å². The second kappa shape index (κ2) is 6.41. The molecule has 2 rings (SSSR count). The van der Waals surface area contributed by atoms with Crippen LogP contribution in [0.4, 0.5) is 5.69 Å². The number of benzene rings is 2. The topological polar surface area (TPSA) is 67.8 Å². The molecule has 0 bridgehead atoms. The highest BCUT2D eigenvalue weighted by molar-refractivity contribution is 7.92. The first kappa shape index (κ1) is 15.1. The molecule has 0 aliphatic heterocycles. The minimum Gasteiger partial charge on any atom is -0.399 e. The first-order chi connectivity index (χ1) is 10.0. The van der Waals surface area contributed by atoms with E-state index in [1.54, 1.807) is 48.5 Å². The van der Waals surface area contributed by atoms with Crippen LogP contribution in [0.25, 0.3) is 0 Å². The Kier molecular flexibility index (Phi) is 4.59. The largest absolute Gasteiger partial charge is 0.399 e. The van der Waals surface area contributed by atoms with Crippen LogP contribution in [0.5, 0.6) is 0 Å². The third-order valence-electron chi connectivity index (χ3n) is 2.83. The molecule has 0 spiro atoms. The van der Waals surface area contributed by atoms with Gasteiger partial charge in [-0.05, 0) is 25.1 Å². The Hall–Kier alpha value is -2.34. The van der Waals surface area contributed by atoms with Gasteiger partial charge in [-0.3, -0.25) is 4.72 Å². The lowest BCUT2D eigenvalue weighted by Crippen LogP contribution is -2.14. The van der Waals surface area contributed by atoms with Crippen LogP contribution in [-0.2, 0) is 14.9 Å². The van der Waals surface area contributed by atoms with E-state index >= 15 is 0 Å². The van der Waals surface area contributed by atoms with Gasteiger partial charge in [0.05, 0.1) is 16.8 Å². The Bertz CT molecular complexity index is 738. The summed E-state index contributed by atoms with van der Waals surface area (Å²) in [7, 11) is -2.20. The normalized spacial score (nSPS) is 11.5. The van der Waals surface area contributed by atoms with E-state index in [1.165, 1.54) is 13.3 Å². The van der Waals surface area contributed by atoms with Crippen LogP contribution >= 0.6 is 0 Å². The van der Waals surface area contributed by atoms with Crippen LogP contribution in [0.15, 0.2) is 58.6 Å². The summed E-state index contributed by atoms with van der Waals surface area (Å²) in [5, 5.41) is 3.66. The van der Waals surface area contributed by atoms with Crippen molar-refractivity contribution in [3.8, 4) is 0 Å². The van der Waals surface area contributed by atoms with E-state index in [2.05, 4.69) is 14.7 Å². The van der Waals surface area contributed by atoms with Crippen LogP contribution in [0, 0.1) is 6.92 Å². The van der Waals surface area contributed by atoms with Crippen molar-refractivity contribution in [3.05, 3.63) is 59.7 Å². The molecule has 0 atom stereocenters. The molecule has 2 aromatic carbocycles. The van der Waals surface area contributed by atoms with E-state index in [4.69, 9.17) is 0 Å². The standard InChI is InChI=1S/C15H16N2O3S/c1-12-7-9-14(10-8-12)21(18,19)17-15-6-4-3-5-13(15)11-16-20-2/h3-11,17H,1-2H3/b16-11+. The van der Waals surface area contributed by atoms with Gasteiger partial charge in [0.25, 0.3) is 10.0 Å². The van der Waals surface area contributed by atoms with Crippen LogP contribution < -0.4 is 4.72 Å². The number of aryl methyl sites for hydroxylation is 1. The lowest BCUT2D eigenvalue weighted by Gasteiger charge is -2.10. The molecule has 6 heteroatoms. The summed E-state index contributed by atoms with van der Waals surface area (Å²) in [6.45, 7) is 1.90. The van der Waals surface area contributed by atoms with Crippen molar-refractivity contribution in [2.24, 2.45) is 5.16 Å². The Labute approximate surface area is 124 Å². The molecule has 1 N–H and O–H groups in total. The van der Waals surface area contributed by atoms with Gasteiger partial charge in [-0.15, -0.1) is 0 Å². The third-order valence-corrected chi connectivity index (χ3v) is 4.22. The number of hydrogen-bond donors (Lipinski definition) is 1. The molecule has 0 fully saturated rings. The van der Waals surface area contributed by atoms with Crippen molar-refractivity contribution in [2.75, 3.05) is 11.8 Å². The van der Waals surface area contributed by atoms with Crippen LogP contribution in [0.3, 0.4) is 0 Å². The quantitative estimate of drug-likeness (QED) is 0.682. The number of oxime groups is 1. The maximum absolute atomic E-state index is 12.4. The van der Waals surface area contributed by atoms with Gasteiger partial charge < -0.3 is 4.84 Å². The smallest absolute Gasteiger partial charge is 0.261 e. The fourth-order valence-electron chi connectivity index (χ4n) is 1.73. The monoisotopic (exact) mass is 304 g/mol. The van der Waals surface area contributed by atoms with Crippen molar-refractivity contribution in [1.82, 2.24) is 0 Å². The summed E-state index contributed by atoms with van der Waals surface area (Å²) in [6.07, 6.45) is 1.45. The van der Waals surface area contributed by atoms with E-state index < -0.39 is 10.0 Å². The maximum atomic E-state index is 12.4. The fraction of sp³-hybridized carbons (Fsp3) is 0.133. The van der Waals surface area contributed by atoms with Crippen LogP contribution in [0.1, 0.15) is 11.1 Å². The van der Waals surface area contributed by atoms with E-state index in [-0.39, 0.29) is 4.90 Å². The number of anilines is 1. The molecular weight excluding hydrogens is 288 g/mol. The highest BCUT2D eigenvalue weighted by Crippen LogP contribution is 2.19. The molecule has 5 nitrogen and oxygen atoms in total. The molecule has 0 amide bonds. The van der Waals surface area contributed by atoms with E-state index in [0.29, 0.717) is 11.3 Å². The van der Waals surface area contributed by atoms with Crippen molar-refractivity contribution >= 4 is 21.9 Å². The maximum Gasteiger partial charge on any atom is 0.261 e. The van der Waals surface area contributed by atoms with Gasteiger partial charge in [-0.2, -0.15) is 0 Å². The highest BCUT2D eigenvalue weighted by atomic mass is 32.2. The van der Waals surface area contributed by atoms with Gasteiger partial charge in [-0.25, -0.2) is 8.42 Å². The molecule has 0 saturated heterocycles. The van der Waals surface area contributed by atoms with Gasteiger partial charge in [0.2, 0.25) is 0 Å². The zero-order chi connectivity index (χ0) is 15.3. The average molecular weight is 304 g/mol. The summed E-state index contributed by atoms with van der Waals surface area (Å²) in [5.41, 5.74) is 2.07. The molecule has 110 valence electrons. The molecular formula is C15H16N2O3S. The molecule has 0 saturated carbocycles. The van der Waals surface area contributed by atoms with E-state index in [0.717, 1.165) is 5.56 Å². The number of hydrogen-bond acceptors (Lipinski definition) is 4. The predicted octanol–water partition coefficient (Wildman–Crippen LogP) is 2.78. The second-order valence-corrected chi connectivity index (χ2v) is 6.11.